The molecular weight excluding hydrogens is 372 g/mol. The zero-order valence-corrected chi connectivity index (χ0v) is 13.8. The average Bonchev–Trinajstić information content (AvgIpc) is 3.08. The molecule has 3 aromatic heterocycles. The highest BCUT2D eigenvalue weighted by Gasteiger charge is 2.17. The van der Waals surface area contributed by atoms with Crippen LogP contribution in [0.25, 0.3) is 5.65 Å². The van der Waals surface area contributed by atoms with Crippen LogP contribution >= 0.6 is 27.5 Å². The maximum atomic E-state index is 12.2. The van der Waals surface area contributed by atoms with E-state index in [1.807, 2.05) is 0 Å². The first kappa shape index (κ1) is 15.0. The summed E-state index contributed by atoms with van der Waals surface area (Å²) in [5.74, 6) is -0.240. The minimum Gasteiger partial charge on any atom is -0.351 e. The Kier molecular flexibility index (Phi) is 4.39. The molecule has 0 fully saturated rings. The normalized spacial score (nSPS) is 11.0. The van der Waals surface area contributed by atoms with Crippen LogP contribution in [0.1, 0.15) is 16.9 Å². The lowest BCUT2D eigenvalue weighted by Crippen LogP contribution is -2.26. The summed E-state index contributed by atoms with van der Waals surface area (Å²) < 4.78 is 3.88. The predicted octanol–water partition coefficient (Wildman–Crippen LogP) is 2.16. The molecule has 1 amide bonds. The lowest BCUT2D eigenvalue weighted by molar-refractivity contribution is 0.0946. The van der Waals surface area contributed by atoms with Crippen molar-refractivity contribution < 1.29 is 4.79 Å². The number of rotatable bonds is 5. The number of nitrogens with zero attached hydrogens (tertiary/aromatic N) is 5. The van der Waals surface area contributed by atoms with Gasteiger partial charge in [0.25, 0.3) is 5.91 Å². The molecule has 0 aliphatic rings. The van der Waals surface area contributed by atoms with Crippen LogP contribution in [0.2, 0.25) is 5.02 Å². The van der Waals surface area contributed by atoms with E-state index in [0.29, 0.717) is 33.9 Å². The smallest absolute Gasteiger partial charge is 0.273 e. The molecule has 0 aliphatic carbocycles. The van der Waals surface area contributed by atoms with Gasteiger partial charge in [-0.15, -0.1) is 0 Å². The third-order valence-electron chi connectivity index (χ3n) is 3.01. The molecule has 0 radical (unpaired) electrons. The van der Waals surface area contributed by atoms with Crippen LogP contribution in [0.15, 0.2) is 35.3 Å². The number of hydrogen-bond donors (Lipinski definition) is 1. The number of nitrogens with one attached hydrogen (secondary N) is 1. The fourth-order valence-electron chi connectivity index (χ4n) is 1.99. The lowest BCUT2D eigenvalue weighted by Gasteiger charge is -2.03. The van der Waals surface area contributed by atoms with Gasteiger partial charge in [-0.3, -0.25) is 9.48 Å². The second-order valence-electron chi connectivity index (χ2n) is 4.58. The zero-order chi connectivity index (χ0) is 15.5. The second-order valence-corrected chi connectivity index (χ2v) is 5.81. The first-order chi connectivity index (χ1) is 10.6. The second kappa shape index (κ2) is 6.45. The fourth-order valence-corrected chi connectivity index (χ4v) is 2.69. The molecule has 0 unspecified atom stereocenters. The van der Waals surface area contributed by atoms with E-state index in [0.717, 1.165) is 6.42 Å². The van der Waals surface area contributed by atoms with Crippen molar-refractivity contribution in [3.8, 4) is 0 Å². The van der Waals surface area contributed by atoms with Crippen LogP contribution in [0.3, 0.4) is 0 Å². The Morgan fingerprint density at radius 2 is 2.32 bits per heavy atom. The molecule has 7 nitrogen and oxygen atoms in total. The number of halogens is 2. The summed E-state index contributed by atoms with van der Waals surface area (Å²) in [6, 6.07) is 1.75. The van der Waals surface area contributed by atoms with Crippen LogP contribution in [-0.4, -0.2) is 36.8 Å². The number of carbonyl (C=O) groups excluding carboxylic acids is 1. The number of carbonyl (C=O) groups is 1. The maximum absolute atomic E-state index is 12.2. The van der Waals surface area contributed by atoms with Crippen LogP contribution in [0, 0.1) is 0 Å². The molecule has 9 heteroatoms. The third kappa shape index (κ3) is 3.12. The van der Waals surface area contributed by atoms with Crippen molar-refractivity contribution in [2.24, 2.45) is 0 Å². The van der Waals surface area contributed by atoms with Crippen molar-refractivity contribution in [1.29, 1.82) is 0 Å². The molecule has 114 valence electrons. The molecule has 0 aromatic carbocycles. The first-order valence-electron chi connectivity index (χ1n) is 6.60. The Balaban J connectivity index is 1.58. The van der Waals surface area contributed by atoms with Crippen LogP contribution in [0.4, 0.5) is 0 Å². The van der Waals surface area contributed by atoms with E-state index in [1.165, 1.54) is 0 Å². The summed E-state index contributed by atoms with van der Waals surface area (Å²) in [5, 5.41) is 11.7. The van der Waals surface area contributed by atoms with Crippen molar-refractivity contribution >= 4 is 39.1 Å². The molecule has 3 heterocycles. The lowest BCUT2D eigenvalue weighted by atomic mass is 10.3. The summed E-state index contributed by atoms with van der Waals surface area (Å²) in [7, 11) is 0. The molecule has 0 atom stereocenters. The standard InChI is InChI=1S/C13H12BrClN6O/c14-10-11(19-21-6-2-3-16-12(10)21)13(22)17-4-1-5-20-8-9(15)7-18-20/h2-3,6-8H,1,4-5H2,(H,17,22). The molecular formula is C13H12BrClN6O. The Hall–Kier alpha value is -1.93. The average molecular weight is 384 g/mol. The summed E-state index contributed by atoms with van der Waals surface area (Å²) >= 11 is 9.15. The topological polar surface area (TPSA) is 77.1 Å². The molecule has 22 heavy (non-hydrogen) atoms. The van der Waals surface area contributed by atoms with Crippen LogP contribution < -0.4 is 5.32 Å². The Morgan fingerprint density at radius 3 is 3.05 bits per heavy atom. The van der Waals surface area contributed by atoms with E-state index < -0.39 is 0 Å². The van der Waals surface area contributed by atoms with E-state index in [-0.39, 0.29) is 5.91 Å². The van der Waals surface area contributed by atoms with Crippen LogP contribution in [-0.2, 0) is 6.54 Å². The van der Waals surface area contributed by atoms with Gasteiger partial charge in [-0.2, -0.15) is 10.2 Å². The summed E-state index contributed by atoms with van der Waals surface area (Å²) in [6.07, 6.45) is 7.46. The fraction of sp³-hybridized carbons (Fsp3) is 0.231. The monoisotopic (exact) mass is 382 g/mol. The van der Waals surface area contributed by atoms with E-state index in [1.54, 1.807) is 40.1 Å². The summed E-state index contributed by atoms with van der Waals surface area (Å²) in [5.41, 5.74) is 0.930. The minimum absolute atomic E-state index is 0.240. The van der Waals surface area contributed by atoms with E-state index in [4.69, 9.17) is 11.6 Å². The number of hydrogen-bond acceptors (Lipinski definition) is 4. The summed E-state index contributed by atoms with van der Waals surface area (Å²) in [4.78, 5) is 16.3. The van der Waals surface area contributed by atoms with Gasteiger partial charge in [0.2, 0.25) is 0 Å². The summed E-state index contributed by atoms with van der Waals surface area (Å²) in [6.45, 7) is 1.20. The van der Waals surface area contributed by atoms with E-state index >= 15 is 0 Å². The molecule has 3 aromatic rings. The van der Waals surface area contributed by atoms with E-state index in [2.05, 4.69) is 36.4 Å². The Bertz CT molecular complexity index is 814. The number of aryl methyl sites for hydroxylation is 1. The quantitative estimate of drug-likeness (QED) is 0.685. The molecule has 0 saturated heterocycles. The van der Waals surface area contributed by atoms with Gasteiger partial charge < -0.3 is 5.32 Å². The van der Waals surface area contributed by atoms with Gasteiger partial charge in [0, 0.05) is 31.7 Å². The maximum Gasteiger partial charge on any atom is 0.273 e. The Labute approximate surface area is 139 Å². The van der Waals surface area contributed by atoms with Gasteiger partial charge in [0.05, 0.1) is 15.7 Å². The molecule has 0 spiro atoms. The van der Waals surface area contributed by atoms with Gasteiger partial charge in [-0.25, -0.2) is 9.50 Å². The number of amides is 1. The predicted molar refractivity (Wildman–Crippen MR) is 84.9 cm³/mol. The molecule has 3 rings (SSSR count). The molecule has 0 saturated carbocycles. The molecule has 1 N–H and O–H groups in total. The molecule has 0 aliphatic heterocycles. The van der Waals surface area contributed by atoms with Gasteiger partial charge in [-0.05, 0) is 28.4 Å². The van der Waals surface area contributed by atoms with E-state index in [9.17, 15) is 4.79 Å². The number of aromatic nitrogens is 5. The van der Waals surface area contributed by atoms with Gasteiger partial charge in [0.1, 0.15) is 0 Å². The highest BCUT2D eigenvalue weighted by molar-refractivity contribution is 9.10. The van der Waals surface area contributed by atoms with Crippen molar-refractivity contribution in [2.45, 2.75) is 13.0 Å². The van der Waals surface area contributed by atoms with Crippen molar-refractivity contribution in [3.63, 3.8) is 0 Å². The minimum atomic E-state index is -0.240. The number of fused-ring (bicyclic) bond motifs is 1. The third-order valence-corrected chi connectivity index (χ3v) is 3.93. The van der Waals surface area contributed by atoms with Gasteiger partial charge in [-0.1, -0.05) is 11.6 Å². The zero-order valence-electron chi connectivity index (χ0n) is 11.4. The Morgan fingerprint density at radius 1 is 1.45 bits per heavy atom. The highest BCUT2D eigenvalue weighted by atomic mass is 79.9. The van der Waals surface area contributed by atoms with Crippen molar-refractivity contribution in [3.05, 3.63) is 46.0 Å². The highest BCUT2D eigenvalue weighted by Crippen LogP contribution is 2.20. The van der Waals surface area contributed by atoms with Crippen LogP contribution in [0.5, 0.6) is 0 Å². The largest absolute Gasteiger partial charge is 0.351 e. The SMILES string of the molecule is O=C(NCCCn1cc(Cl)cn1)c1nn2cccnc2c1Br. The first-order valence-corrected chi connectivity index (χ1v) is 7.77. The van der Waals surface area contributed by atoms with Crippen molar-refractivity contribution in [1.82, 2.24) is 29.7 Å². The van der Waals surface area contributed by atoms with Gasteiger partial charge >= 0.3 is 0 Å². The van der Waals surface area contributed by atoms with Gasteiger partial charge in [0.15, 0.2) is 11.3 Å². The van der Waals surface area contributed by atoms with Crippen molar-refractivity contribution in [2.75, 3.05) is 6.54 Å². The molecule has 0 bridgehead atoms.